The summed E-state index contributed by atoms with van der Waals surface area (Å²) in [6, 6.07) is 0.00378. The third-order valence-electron chi connectivity index (χ3n) is 3.24. The number of hydrogen-bond acceptors (Lipinski definition) is 5. The van der Waals surface area contributed by atoms with Gasteiger partial charge in [0.05, 0.1) is 12.4 Å². The average molecular weight is 322 g/mol. The topological polar surface area (TPSA) is 72.0 Å². The van der Waals surface area contributed by atoms with Gasteiger partial charge in [0.2, 0.25) is 15.3 Å². The van der Waals surface area contributed by atoms with Gasteiger partial charge in [-0.25, -0.2) is 23.1 Å². The molecule has 1 saturated carbocycles. The van der Waals surface area contributed by atoms with Crippen LogP contribution < -0.4 is 4.72 Å². The minimum atomic E-state index is -3.54. The van der Waals surface area contributed by atoms with Crippen LogP contribution in [0.1, 0.15) is 25.7 Å². The van der Waals surface area contributed by atoms with Crippen molar-refractivity contribution in [1.82, 2.24) is 14.7 Å². The quantitative estimate of drug-likeness (QED) is 0.860. The highest BCUT2D eigenvalue weighted by Gasteiger charge is 2.25. The van der Waals surface area contributed by atoms with E-state index in [0.717, 1.165) is 25.7 Å². The highest BCUT2D eigenvalue weighted by molar-refractivity contribution is 7.99. The van der Waals surface area contributed by atoms with E-state index in [4.69, 9.17) is 11.6 Å². The van der Waals surface area contributed by atoms with E-state index in [1.54, 1.807) is 0 Å². The molecular weight excluding hydrogens is 306 g/mol. The third kappa shape index (κ3) is 4.05. The van der Waals surface area contributed by atoms with E-state index in [0.29, 0.717) is 5.25 Å². The highest BCUT2D eigenvalue weighted by Crippen LogP contribution is 2.27. The van der Waals surface area contributed by atoms with Gasteiger partial charge >= 0.3 is 0 Å². The van der Waals surface area contributed by atoms with Gasteiger partial charge in [-0.05, 0) is 43.5 Å². The fourth-order valence-corrected chi connectivity index (χ4v) is 4.18. The van der Waals surface area contributed by atoms with Crippen LogP contribution in [0.2, 0.25) is 5.28 Å². The van der Waals surface area contributed by atoms with E-state index in [-0.39, 0.29) is 16.2 Å². The van der Waals surface area contributed by atoms with Crippen molar-refractivity contribution in [1.29, 1.82) is 0 Å². The summed E-state index contributed by atoms with van der Waals surface area (Å²) in [5.74, 6) is 0. The first-order valence-corrected chi connectivity index (χ1v) is 9.19. The third-order valence-corrected chi connectivity index (χ3v) is 6.04. The van der Waals surface area contributed by atoms with Crippen molar-refractivity contribution in [2.45, 2.75) is 41.9 Å². The Morgan fingerprint density at radius 3 is 2.37 bits per heavy atom. The molecule has 106 valence electrons. The van der Waals surface area contributed by atoms with E-state index < -0.39 is 10.0 Å². The summed E-state index contributed by atoms with van der Waals surface area (Å²) in [5, 5.41) is 0.694. The molecule has 0 aliphatic heterocycles. The zero-order chi connectivity index (χ0) is 13.9. The minimum Gasteiger partial charge on any atom is -0.225 e. The summed E-state index contributed by atoms with van der Waals surface area (Å²) < 4.78 is 27.0. The molecule has 1 aliphatic carbocycles. The Labute approximate surface area is 122 Å². The molecule has 19 heavy (non-hydrogen) atoms. The normalized spacial score (nSPS) is 24.3. The van der Waals surface area contributed by atoms with Crippen LogP contribution in [0.15, 0.2) is 17.3 Å². The van der Waals surface area contributed by atoms with Crippen LogP contribution in [0.5, 0.6) is 0 Å². The van der Waals surface area contributed by atoms with Crippen LogP contribution in [0, 0.1) is 0 Å². The Morgan fingerprint density at radius 1 is 1.26 bits per heavy atom. The minimum absolute atomic E-state index is 0.00378. The lowest BCUT2D eigenvalue weighted by Gasteiger charge is -2.27. The molecule has 0 unspecified atom stereocenters. The first-order chi connectivity index (χ1) is 9.01. The maximum absolute atomic E-state index is 12.1. The Morgan fingerprint density at radius 2 is 1.84 bits per heavy atom. The number of nitrogens with zero attached hydrogens (tertiary/aromatic N) is 2. The van der Waals surface area contributed by atoms with E-state index in [9.17, 15) is 8.42 Å². The predicted molar refractivity (Wildman–Crippen MR) is 76.9 cm³/mol. The van der Waals surface area contributed by atoms with Crippen molar-refractivity contribution >= 4 is 33.4 Å². The molecule has 0 radical (unpaired) electrons. The van der Waals surface area contributed by atoms with Gasteiger partial charge in [0.15, 0.2) is 0 Å². The van der Waals surface area contributed by atoms with Gasteiger partial charge in [-0.1, -0.05) is 0 Å². The fraction of sp³-hybridized carbons (Fsp3) is 0.636. The largest absolute Gasteiger partial charge is 0.243 e. The molecule has 1 heterocycles. The summed E-state index contributed by atoms with van der Waals surface area (Å²) in [7, 11) is -3.54. The van der Waals surface area contributed by atoms with Crippen molar-refractivity contribution in [3.63, 3.8) is 0 Å². The van der Waals surface area contributed by atoms with Gasteiger partial charge < -0.3 is 0 Å². The number of nitrogens with one attached hydrogen (secondary N) is 1. The van der Waals surface area contributed by atoms with Gasteiger partial charge in [0, 0.05) is 11.3 Å². The second kappa shape index (κ2) is 6.39. The summed E-state index contributed by atoms with van der Waals surface area (Å²) in [6.07, 6.45) is 8.39. The maximum atomic E-state index is 12.1. The monoisotopic (exact) mass is 321 g/mol. The van der Waals surface area contributed by atoms with Crippen LogP contribution in [-0.2, 0) is 10.0 Å². The van der Waals surface area contributed by atoms with E-state index in [1.165, 1.54) is 12.4 Å². The molecule has 1 N–H and O–H groups in total. The SMILES string of the molecule is CSC1CCC(NS(=O)(=O)c2cnc(Cl)nc2)CC1. The van der Waals surface area contributed by atoms with Gasteiger partial charge in [0.25, 0.3) is 0 Å². The molecule has 8 heteroatoms. The van der Waals surface area contributed by atoms with Crippen LogP contribution in [-0.4, -0.2) is 35.9 Å². The van der Waals surface area contributed by atoms with Crippen LogP contribution in [0.3, 0.4) is 0 Å². The van der Waals surface area contributed by atoms with E-state index >= 15 is 0 Å². The van der Waals surface area contributed by atoms with Gasteiger partial charge in [0.1, 0.15) is 4.90 Å². The smallest absolute Gasteiger partial charge is 0.225 e. The van der Waals surface area contributed by atoms with Crippen molar-refractivity contribution in [2.75, 3.05) is 6.26 Å². The Hall–Kier alpha value is -0.370. The number of halogens is 1. The maximum Gasteiger partial charge on any atom is 0.243 e. The van der Waals surface area contributed by atoms with Crippen LogP contribution >= 0.6 is 23.4 Å². The molecule has 0 atom stereocenters. The summed E-state index contributed by atoms with van der Waals surface area (Å²) in [6.45, 7) is 0. The van der Waals surface area contributed by atoms with Crippen molar-refractivity contribution in [3.05, 3.63) is 17.7 Å². The Kier molecular flexibility index (Phi) is 5.05. The standard InChI is InChI=1S/C11H16ClN3O2S2/c1-18-9-4-2-8(3-5-9)15-19(16,17)10-6-13-11(12)14-7-10/h6-9,15H,2-5H2,1H3. The molecule has 0 spiro atoms. The molecule has 1 aromatic heterocycles. The zero-order valence-electron chi connectivity index (χ0n) is 10.5. The molecule has 5 nitrogen and oxygen atoms in total. The second-order valence-electron chi connectivity index (χ2n) is 4.52. The molecule has 1 fully saturated rings. The van der Waals surface area contributed by atoms with E-state index in [1.807, 2.05) is 11.8 Å². The van der Waals surface area contributed by atoms with Gasteiger partial charge in [-0.15, -0.1) is 0 Å². The predicted octanol–water partition coefficient (Wildman–Crippen LogP) is 2.08. The first-order valence-electron chi connectivity index (χ1n) is 6.04. The highest BCUT2D eigenvalue weighted by atomic mass is 35.5. The molecule has 1 aliphatic rings. The second-order valence-corrected chi connectivity index (χ2v) is 7.71. The molecule has 0 saturated heterocycles. The molecule has 1 aromatic rings. The number of hydrogen-bond donors (Lipinski definition) is 1. The van der Waals surface area contributed by atoms with Crippen LogP contribution in [0.4, 0.5) is 0 Å². The van der Waals surface area contributed by atoms with Crippen molar-refractivity contribution in [2.24, 2.45) is 0 Å². The van der Waals surface area contributed by atoms with E-state index in [2.05, 4.69) is 20.9 Å². The average Bonchev–Trinajstić information content (AvgIpc) is 2.40. The fourth-order valence-electron chi connectivity index (χ4n) is 2.14. The summed E-state index contributed by atoms with van der Waals surface area (Å²) in [5.41, 5.74) is 0. The molecule has 0 bridgehead atoms. The molecule has 2 rings (SSSR count). The zero-order valence-corrected chi connectivity index (χ0v) is 12.9. The first kappa shape index (κ1) is 15.0. The summed E-state index contributed by atoms with van der Waals surface area (Å²) in [4.78, 5) is 7.45. The lowest BCUT2D eigenvalue weighted by molar-refractivity contribution is 0.420. The molecule has 0 amide bonds. The lowest BCUT2D eigenvalue weighted by Crippen LogP contribution is -2.38. The van der Waals surface area contributed by atoms with Crippen molar-refractivity contribution < 1.29 is 8.42 Å². The molecule has 0 aromatic carbocycles. The number of sulfonamides is 1. The number of rotatable bonds is 4. The Balaban J connectivity index is 2.00. The Bertz CT molecular complexity index is 513. The lowest BCUT2D eigenvalue weighted by atomic mass is 9.96. The van der Waals surface area contributed by atoms with Gasteiger partial charge in [-0.3, -0.25) is 0 Å². The van der Waals surface area contributed by atoms with Crippen molar-refractivity contribution in [3.8, 4) is 0 Å². The van der Waals surface area contributed by atoms with Crippen LogP contribution in [0.25, 0.3) is 0 Å². The molecular formula is C11H16ClN3O2S2. The van der Waals surface area contributed by atoms with Gasteiger partial charge in [-0.2, -0.15) is 11.8 Å². The number of aromatic nitrogens is 2. The number of thioether (sulfide) groups is 1. The summed E-state index contributed by atoms with van der Waals surface area (Å²) >= 11 is 7.40.